The van der Waals surface area contributed by atoms with Crippen LogP contribution in [-0.2, 0) is 11.3 Å². The molecule has 1 heterocycles. The second-order valence-electron chi connectivity index (χ2n) is 7.97. The number of ether oxygens (including phenoxy) is 1. The molecule has 1 aliphatic heterocycles. The number of hydrogen-bond donors (Lipinski definition) is 2. The topological polar surface area (TPSA) is 70.7 Å². The molecule has 1 atom stereocenters. The van der Waals surface area contributed by atoms with Crippen molar-refractivity contribution in [1.82, 2.24) is 10.2 Å². The zero-order valence-corrected chi connectivity index (χ0v) is 18.4. The number of halogens is 1. The predicted molar refractivity (Wildman–Crippen MR) is 119 cm³/mol. The van der Waals surface area contributed by atoms with Crippen molar-refractivity contribution >= 4 is 29.2 Å². The van der Waals surface area contributed by atoms with Gasteiger partial charge in [0.15, 0.2) is 0 Å². The van der Waals surface area contributed by atoms with Gasteiger partial charge in [0.25, 0.3) is 0 Å². The molecule has 0 aromatic heterocycles. The first-order chi connectivity index (χ1) is 14.3. The van der Waals surface area contributed by atoms with Crippen LogP contribution in [-0.4, -0.2) is 37.0 Å². The smallest absolute Gasteiger partial charge is 0.321 e. The van der Waals surface area contributed by atoms with Crippen molar-refractivity contribution in [2.45, 2.75) is 33.2 Å². The van der Waals surface area contributed by atoms with Crippen LogP contribution < -0.4 is 15.4 Å². The minimum atomic E-state index is -0.642. The number of anilines is 1. The third-order valence-corrected chi connectivity index (χ3v) is 5.87. The number of amides is 3. The summed E-state index contributed by atoms with van der Waals surface area (Å²) in [5.74, 6) is 0.493. The molecular weight excluding hydrogens is 402 g/mol. The van der Waals surface area contributed by atoms with Crippen LogP contribution in [0.4, 0.5) is 10.5 Å². The van der Waals surface area contributed by atoms with E-state index in [1.807, 2.05) is 38.1 Å². The minimum Gasteiger partial charge on any atom is -0.495 e. The van der Waals surface area contributed by atoms with Crippen molar-refractivity contribution in [2.24, 2.45) is 5.41 Å². The van der Waals surface area contributed by atoms with E-state index in [-0.39, 0.29) is 11.9 Å². The molecule has 2 N–H and O–H groups in total. The average molecular weight is 430 g/mol. The maximum Gasteiger partial charge on any atom is 0.321 e. The van der Waals surface area contributed by atoms with Gasteiger partial charge in [-0.3, -0.25) is 4.79 Å². The Kier molecular flexibility index (Phi) is 6.87. The van der Waals surface area contributed by atoms with Crippen LogP contribution in [0, 0.1) is 12.3 Å². The summed E-state index contributed by atoms with van der Waals surface area (Å²) in [5, 5.41) is 6.41. The number of rotatable bonds is 5. The number of methoxy groups -OCH3 is 1. The first-order valence-corrected chi connectivity index (χ1v) is 10.4. The van der Waals surface area contributed by atoms with Crippen molar-refractivity contribution in [3.05, 3.63) is 58.6 Å². The number of likely N-dealkylation sites (tertiary alicyclic amines) is 1. The van der Waals surface area contributed by atoms with E-state index >= 15 is 0 Å². The standard InChI is InChI=1S/C23H28ClN3O3/c1-16-7-4-5-8-17(16)14-25-21(28)23(2)11-6-12-27(15-23)22(29)26-19-13-18(24)9-10-20(19)30-3/h4-5,7-10,13H,6,11-12,14-15H2,1-3H3,(H,25,28)(H,26,29). The van der Waals surface area contributed by atoms with Gasteiger partial charge >= 0.3 is 6.03 Å². The molecule has 2 aromatic rings. The highest BCUT2D eigenvalue weighted by molar-refractivity contribution is 6.31. The summed E-state index contributed by atoms with van der Waals surface area (Å²) >= 11 is 6.05. The predicted octanol–water partition coefficient (Wildman–Crippen LogP) is 4.61. The monoisotopic (exact) mass is 429 g/mol. The fraction of sp³-hybridized carbons (Fsp3) is 0.391. The summed E-state index contributed by atoms with van der Waals surface area (Å²) < 4.78 is 5.30. The number of urea groups is 1. The van der Waals surface area contributed by atoms with Gasteiger partial charge in [-0.15, -0.1) is 0 Å². The summed E-state index contributed by atoms with van der Waals surface area (Å²) in [6.45, 7) is 5.36. The highest BCUT2D eigenvalue weighted by atomic mass is 35.5. The molecule has 1 unspecified atom stereocenters. The fourth-order valence-corrected chi connectivity index (χ4v) is 3.94. The quantitative estimate of drug-likeness (QED) is 0.729. The van der Waals surface area contributed by atoms with Crippen molar-refractivity contribution in [2.75, 3.05) is 25.5 Å². The molecule has 3 amide bonds. The van der Waals surface area contributed by atoms with Gasteiger partial charge in [-0.1, -0.05) is 35.9 Å². The Balaban J connectivity index is 1.64. The Morgan fingerprint density at radius 1 is 1.23 bits per heavy atom. The van der Waals surface area contributed by atoms with Crippen molar-refractivity contribution in [3.8, 4) is 5.75 Å². The molecule has 0 spiro atoms. The summed E-state index contributed by atoms with van der Waals surface area (Å²) in [6.07, 6.45) is 1.49. The van der Waals surface area contributed by atoms with E-state index in [1.54, 1.807) is 23.1 Å². The van der Waals surface area contributed by atoms with E-state index in [2.05, 4.69) is 10.6 Å². The van der Waals surface area contributed by atoms with E-state index in [1.165, 1.54) is 7.11 Å². The molecule has 160 valence electrons. The van der Waals surface area contributed by atoms with E-state index in [0.717, 1.165) is 24.0 Å². The molecule has 1 aliphatic rings. The van der Waals surface area contributed by atoms with E-state index in [9.17, 15) is 9.59 Å². The van der Waals surface area contributed by atoms with Gasteiger partial charge in [0.05, 0.1) is 18.2 Å². The van der Waals surface area contributed by atoms with Gasteiger partial charge in [0.2, 0.25) is 5.91 Å². The van der Waals surface area contributed by atoms with Gasteiger partial charge in [-0.2, -0.15) is 0 Å². The molecule has 7 heteroatoms. The maximum atomic E-state index is 13.0. The molecule has 2 aromatic carbocycles. The minimum absolute atomic E-state index is 0.0383. The number of hydrogen-bond acceptors (Lipinski definition) is 3. The normalized spacial score (nSPS) is 18.6. The lowest BCUT2D eigenvalue weighted by molar-refractivity contribution is -0.132. The lowest BCUT2D eigenvalue weighted by Crippen LogP contribution is -2.52. The van der Waals surface area contributed by atoms with Crippen LogP contribution >= 0.6 is 11.6 Å². The maximum absolute atomic E-state index is 13.0. The van der Waals surface area contributed by atoms with Crippen LogP contribution in [0.1, 0.15) is 30.9 Å². The third-order valence-electron chi connectivity index (χ3n) is 5.64. The average Bonchev–Trinajstić information content (AvgIpc) is 2.73. The van der Waals surface area contributed by atoms with Crippen LogP contribution in [0.15, 0.2) is 42.5 Å². The molecule has 1 fully saturated rings. The molecule has 1 saturated heterocycles. The summed E-state index contributed by atoms with van der Waals surface area (Å²) in [6, 6.07) is 12.8. The van der Waals surface area contributed by atoms with Crippen molar-refractivity contribution < 1.29 is 14.3 Å². The lowest BCUT2D eigenvalue weighted by Gasteiger charge is -2.39. The van der Waals surface area contributed by atoms with Crippen LogP contribution in [0.3, 0.4) is 0 Å². The number of nitrogens with one attached hydrogen (secondary N) is 2. The summed E-state index contributed by atoms with van der Waals surface area (Å²) in [7, 11) is 1.54. The Morgan fingerprint density at radius 2 is 2.00 bits per heavy atom. The van der Waals surface area contributed by atoms with Gasteiger partial charge in [0.1, 0.15) is 5.75 Å². The molecule has 30 heavy (non-hydrogen) atoms. The van der Waals surface area contributed by atoms with Crippen molar-refractivity contribution in [1.29, 1.82) is 0 Å². The highest BCUT2D eigenvalue weighted by Gasteiger charge is 2.39. The van der Waals surface area contributed by atoms with E-state index in [4.69, 9.17) is 16.3 Å². The second kappa shape index (κ2) is 9.39. The molecule has 0 bridgehead atoms. The van der Waals surface area contributed by atoms with Crippen molar-refractivity contribution in [3.63, 3.8) is 0 Å². The second-order valence-corrected chi connectivity index (χ2v) is 8.41. The summed E-state index contributed by atoms with van der Waals surface area (Å²) in [4.78, 5) is 27.5. The number of piperidine rings is 1. The third kappa shape index (κ3) is 5.05. The largest absolute Gasteiger partial charge is 0.495 e. The Bertz CT molecular complexity index is 934. The number of benzene rings is 2. The summed E-state index contributed by atoms with van der Waals surface area (Å²) in [5.41, 5.74) is 2.10. The van der Waals surface area contributed by atoms with E-state index in [0.29, 0.717) is 36.1 Å². The highest BCUT2D eigenvalue weighted by Crippen LogP contribution is 2.32. The van der Waals surface area contributed by atoms with Crippen LogP contribution in [0.2, 0.25) is 5.02 Å². The molecular formula is C23H28ClN3O3. The molecule has 0 aliphatic carbocycles. The number of carbonyl (C=O) groups is 2. The van der Waals surface area contributed by atoms with Gasteiger partial charge < -0.3 is 20.3 Å². The Morgan fingerprint density at radius 3 is 2.73 bits per heavy atom. The first kappa shape index (κ1) is 22.0. The van der Waals surface area contributed by atoms with Gasteiger partial charge in [0, 0.05) is 24.7 Å². The van der Waals surface area contributed by atoms with Crippen LogP contribution in [0.25, 0.3) is 0 Å². The number of nitrogens with zero attached hydrogens (tertiary/aromatic N) is 1. The van der Waals surface area contributed by atoms with Gasteiger partial charge in [-0.25, -0.2) is 4.79 Å². The SMILES string of the molecule is COc1ccc(Cl)cc1NC(=O)N1CCCC(C)(C(=O)NCc2ccccc2C)C1. The zero-order chi connectivity index (χ0) is 21.7. The van der Waals surface area contributed by atoms with E-state index < -0.39 is 5.41 Å². The lowest BCUT2D eigenvalue weighted by atomic mass is 9.81. The van der Waals surface area contributed by atoms with Crippen LogP contribution in [0.5, 0.6) is 5.75 Å². The molecule has 3 rings (SSSR count). The Hall–Kier alpha value is -2.73. The molecule has 6 nitrogen and oxygen atoms in total. The first-order valence-electron chi connectivity index (χ1n) is 10.0. The molecule has 0 radical (unpaired) electrons. The number of carbonyl (C=O) groups excluding carboxylic acids is 2. The Labute approximate surface area is 182 Å². The fourth-order valence-electron chi connectivity index (χ4n) is 3.77. The van der Waals surface area contributed by atoms with Gasteiger partial charge in [-0.05, 0) is 56.0 Å². The zero-order valence-electron chi connectivity index (χ0n) is 17.6. The number of aryl methyl sites for hydroxylation is 1. The molecule has 0 saturated carbocycles.